The van der Waals surface area contributed by atoms with Crippen LogP contribution in [-0.2, 0) is 16.4 Å². The van der Waals surface area contributed by atoms with Gasteiger partial charge in [-0.2, -0.15) is 0 Å². The van der Waals surface area contributed by atoms with E-state index in [9.17, 15) is 8.42 Å². The first kappa shape index (κ1) is 13.9. The fourth-order valence-corrected chi connectivity index (χ4v) is 5.51. The third kappa shape index (κ3) is 2.44. The molecule has 20 heavy (non-hydrogen) atoms. The molecular weight excluding hydrogens is 272 g/mol. The van der Waals surface area contributed by atoms with Crippen LogP contribution in [0.1, 0.15) is 37.7 Å². The Balaban J connectivity index is 1.96. The van der Waals surface area contributed by atoms with Crippen LogP contribution < -0.4 is 10.0 Å². The zero-order chi connectivity index (χ0) is 14.2. The van der Waals surface area contributed by atoms with Gasteiger partial charge >= 0.3 is 0 Å². The summed E-state index contributed by atoms with van der Waals surface area (Å²) in [5.41, 5.74) is 7.94. The predicted molar refractivity (Wildman–Crippen MR) is 81.3 cm³/mol. The number of nitrogens with zero attached hydrogens (tertiary/aromatic N) is 1. The Morgan fingerprint density at radius 3 is 2.55 bits per heavy atom. The van der Waals surface area contributed by atoms with Gasteiger partial charge in [-0.3, -0.25) is 4.31 Å². The summed E-state index contributed by atoms with van der Waals surface area (Å²) < 4.78 is 27.4. The molecule has 1 aliphatic carbocycles. The highest BCUT2D eigenvalue weighted by Crippen LogP contribution is 2.33. The minimum atomic E-state index is -3.28. The van der Waals surface area contributed by atoms with Crippen LogP contribution in [0.3, 0.4) is 0 Å². The van der Waals surface area contributed by atoms with Crippen LogP contribution in [0.25, 0.3) is 0 Å². The molecule has 1 heterocycles. The Hall–Kier alpha value is -1.07. The number of hydrogen-bond donors (Lipinski definition) is 1. The Kier molecular flexibility index (Phi) is 3.73. The number of benzene rings is 1. The molecule has 1 aromatic carbocycles. The van der Waals surface area contributed by atoms with Crippen molar-refractivity contribution in [2.45, 2.75) is 49.8 Å². The van der Waals surface area contributed by atoms with E-state index in [1.165, 1.54) is 0 Å². The average molecular weight is 294 g/mol. The molecule has 5 heteroatoms. The molecular formula is C15H22N2O2S. The molecule has 2 aliphatic rings. The highest BCUT2D eigenvalue weighted by Gasteiger charge is 2.36. The molecule has 0 aromatic heterocycles. The minimum absolute atomic E-state index is 0.108. The predicted octanol–water partition coefficient (Wildman–Crippen LogP) is 2.04. The van der Waals surface area contributed by atoms with Crippen LogP contribution in [0.4, 0.5) is 5.69 Å². The number of anilines is 1. The molecule has 0 bridgehead atoms. The lowest BCUT2D eigenvalue weighted by atomic mass is 10.0. The van der Waals surface area contributed by atoms with Crippen molar-refractivity contribution in [2.24, 2.45) is 5.73 Å². The summed E-state index contributed by atoms with van der Waals surface area (Å²) in [6, 6.07) is 7.63. The van der Waals surface area contributed by atoms with Gasteiger partial charge < -0.3 is 5.73 Å². The van der Waals surface area contributed by atoms with Crippen LogP contribution in [0.2, 0.25) is 0 Å². The molecule has 2 N–H and O–H groups in total. The normalized spacial score (nSPS) is 24.4. The maximum atomic E-state index is 12.9. The van der Waals surface area contributed by atoms with Gasteiger partial charge in [-0.05, 0) is 30.9 Å². The largest absolute Gasteiger partial charge is 0.326 e. The van der Waals surface area contributed by atoms with Gasteiger partial charge in [-0.1, -0.05) is 37.5 Å². The van der Waals surface area contributed by atoms with Crippen molar-refractivity contribution in [3.63, 3.8) is 0 Å². The Morgan fingerprint density at radius 2 is 1.80 bits per heavy atom. The maximum Gasteiger partial charge on any atom is 0.238 e. The fraction of sp³-hybridized carbons (Fsp3) is 0.600. The van der Waals surface area contributed by atoms with Gasteiger partial charge in [0.25, 0.3) is 0 Å². The summed E-state index contributed by atoms with van der Waals surface area (Å²) in [6.07, 6.45) is 5.53. The van der Waals surface area contributed by atoms with E-state index in [-0.39, 0.29) is 11.3 Å². The lowest BCUT2D eigenvalue weighted by Gasteiger charge is -2.37. The van der Waals surface area contributed by atoms with E-state index in [1.54, 1.807) is 4.31 Å². The summed E-state index contributed by atoms with van der Waals surface area (Å²) in [7, 11) is -3.28. The third-order valence-electron chi connectivity index (χ3n) is 4.42. The van der Waals surface area contributed by atoms with Gasteiger partial charge in [-0.25, -0.2) is 8.42 Å². The van der Waals surface area contributed by atoms with Gasteiger partial charge in [0, 0.05) is 12.6 Å². The summed E-state index contributed by atoms with van der Waals surface area (Å²) >= 11 is 0. The van der Waals surface area contributed by atoms with Crippen LogP contribution in [0.15, 0.2) is 24.3 Å². The number of rotatable bonds is 2. The number of sulfonamides is 1. The molecule has 1 aliphatic heterocycles. The zero-order valence-electron chi connectivity index (χ0n) is 11.7. The van der Waals surface area contributed by atoms with Crippen molar-refractivity contribution >= 4 is 15.7 Å². The van der Waals surface area contributed by atoms with Crippen LogP contribution in [0, 0.1) is 0 Å². The van der Waals surface area contributed by atoms with Crippen molar-refractivity contribution in [1.29, 1.82) is 0 Å². The van der Waals surface area contributed by atoms with Crippen molar-refractivity contribution in [1.82, 2.24) is 0 Å². The van der Waals surface area contributed by atoms with E-state index >= 15 is 0 Å². The SMILES string of the molecule is NC1Cc2ccccc2N(S(=O)(=O)C2CCCCC2)C1. The van der Waals surface area contributed by atoms with E-state index in [4.69, 9.17) is 5.73 Å². The molecule has 0 amide bonds. The van der Waals surface area contributed by atoms with E-state index in [0.717, 1.165) is 49.8 Å². The van der Waals surface area contributed by atoms with Crippen LogP contribution in [0.5, 0.6) is 0 Å². The van der Waals surface area contributed by atoms with E-state index in [1.807, 2.05) is 24.3 Å². The van der Waals surface area contributed by atoms with Crippen molar-refractivity contribution in [3.8, 4) is 0 Å². The molecule has 4 nitrogen and oxygen atoms in total. The molecule has 1 unspecified atom stereocenters. The molecule has 3 rings (SSSR count). The summed E-state index contributed by atoms with van der Waals surface area (Å²) in [6.45, 7) is 0.413. The van der Waals surface area contributed by atoms with E-state index in [0.29, 0.717) is 6.54 Å². The van der Waals surface area contributed by atoms with Gasteiger partial charge in [0.15, 0.2) is 0 Å². The molecule has 1 aromatic rings. The monoisotopic (exact) mass is 294 g/mol. The maximum absolute atomic E-state index is 12.9. The molecule has 1 atom stereocenters. The fourth-order valence-electron chi connectivity index (χ4n) is 3.37. The van der Waals surface area contributed by atoms with Crippen LogP contribution >= 0.6 is 0 Å². The molecule has 1 saturated carbocycles. The average Bonchev–Trinajstić information content (AvgIpc) is 2.47. The molecule has 0 radical (unpaired) electrons. The zero-order valence-corrected chi connectivity index (χ0v) is 12.5. The molecule has 0 spiro atoms. The number of nitrogens with two attached hydrogens (primary N) is 1. The second-order valence-corrected chi connectivity index (χ2v) is 8.07. The third-order valence-corrected chi connectivity index (χ3v) is 6.70. The van der Waals surface area contributed by atoms with Crippen molar-refractivity contribution in [2.75, 3.05) is 10.8 Å². The minimum Gasteiger partial charge on any atom is -0.326 e. The van der Waals surface area contributed by atoms with Crippen LogP contribution in [-0.4, -0.2) is 26.3 Å². The second kappa shape index (κ2) is 5.37. The van der Waals surface area contributed by atoms with Gasteiger partial charge in [0.05, 0.1) is 10.9 Å². The van der Waals surface area contributed by atoms with E-state index < -0.39 is 10.0 Å². The van der Waals surface area contributed by atoms with Gasteiger partial charge in [0.1, 0.15) is 0 Å². The second-order valence-electron chi connectivity index (χ2n) is 5.93. The first-order valence-electron chi connectivity index (χ1n) is 7.44. The standard InChI is InChI=1S/C15H22N2O2S/c16-13-10-12-6-4-5-9-15(12)17(11-13)20(18,19)14-7-2-1-3-8-14/h4-6,9,13-14H,1-3,7-8,10-11,16H2. The lowest BCUT2D eigenvalue weighted by Crippen LogP contribution is -2.49. The quantitative estimate of drug-likeness (QED) is 0.908. The Labute approximate surface area is 121 Å². The number of para-hydroxylation sites is 1. The smallest absolute Gasteiger partial charge is 0.238 e. The topological polar surface area (TPSA) is 63.4 Å². The molecule has 0 saturated heterocycles. The summed E-state index contributed by atoms with van der Waals surface area (Å²) in [5, 5.41) is -0.227. The summed E-state index contributed by atoms with van der Waals surface area (Å²) in [4.78, 5) is 0. The molecule has 1 fully saturated rings. The highest BCUT2D eigenvalue weighted by molar-refractivity contribution is 7.93. The molecule has 110 valence electrons. The lowest BCUT2D eigenvalue weighted by molar-refractivity contribution is 0.479. The Morgan fingerprint density at radius 1 is 1.10 bits per heavy atom. The van der Waals surface area contributed by atoms with Gasteiger partial charge in [0.2, 0.25) is 10.0 Å². The first-order chi connectivity index (χ1) is 9.59. The number of fused-ring (bicyclic) bond motifs is 1. The van der Waals surface area contributed by atoms with Gasteiger partial charge in [-0.15, -0.1) is 0 Å². The summed E-state index contributed by atoms with van der Waals surface area (Å²) in [5.74, 6) is 0. The first-order valence-corrected chi connectivity index (χ1v) is 8.94. The van der Waals surface area contributed by atoms with E-state index in [2.05, 4.69) is 0 Å². The van der Waals surface area contributed by atoms with Crippen molar-refractivity contribution in [3.05, 3.63) is 29.8 Å². The Bertz CT molecular complexity index is 579. The van der Waals surface area contributed by atoms with Crippen molar-refractivity contribution < 1.29 is 8.42 Å². The number of hydrogen-bond acceptors (Lipinski definition) is 3. The highest BCUT2D eigenvalue weighted by atomic mass is 32.2.